The van der Waals surface area contributed by atoms with E-state index in [0.717, 1.165) is 11.8 Å². The maximum absolute atomic E-state index is 12.6. The van der Waals surface area contributed by atoms with Gasteiger partial charge < -0.3 is 14.4 Å². The number of anilines is 1. The lowest BCUT2D eigenvalue weighted by Crippen LogP contribution is -2.24. The van der Waals surface area contributed by atoms with Crippen LogP contribution in [0.25, 0.3) is 0 Å². The molecule has 0 heterocycles. The number of halogens is 4. The highest BCUT2D eigenvalue weighted by molar-refractivity contribution is 8.00. The Morgan fingerprint density at radius 1 is 1.15 bits per heavy atom. The van der Waals surface area contributed by atoms with E-state index in [9.17, 15) is 26.3 Å². The van der Waals surface area contributed by atoms with Gasteiger partial charge in [-0.2, -0.15) is 22.1 Å². The molecule has 0 fully saturated rings. The van der Waals surface area contributed by atoms with E-state index in [1.807, 2.05) is 0 Å². The largest absolute Gasteiger partial charge is 0.431 e. The van der Waals surface area contributed by atoms with Gasteiger partial charge in [-0.15, -0.1) is 0 Å². The fourth-order valence-electron chi connectivity index (χ4n) is 2.83. The molecule has 0 radical (unpaired) electrons. The highest BCUT2D eigenvalue weighted by Gasteiger charge is 2.33. The van der Waals surface area contributed by atoms with Gasteiger partial charge in [0.25, 0.3) is 0 Å². The Hall–Kier alpha value is -2.07. The number of benzene rings is 1. The summed E-state index contributed by atoms with van der Waals surface area (Å²) in [4.78, 5) is 2.07. The third-order valence-corrected chi connectivity index (χ3v) is 5.47. The Kier molecular flexibility index (Phi) is 6.53. The van der Waals surface area contributed by atoms with Gasteiger partial charge in [-0.25, -0.2) is 0 Å². The van der Waals surface area contributed by atoms with Gasteiger partial charge in [0, 0.05) is 30.4 Å². The van der Waals surface area contributed by atoms with E-state index in [1.165, 1.54) is 18.4 Å². The van der Waals surface area contributed by atoms with E-state index < -0.39 is 34.9 Å². The zero-order valence-electron chi connectivity index (χ0n) is 14.9. The second-order valence-electron chi connectivity index (χ2n) is 6.08. The molecule has 1 aliphatic carbocycles. The first-order valence-corrected chi connectivity index (χ1v) is 9.81. The van der Waals surface area contributed by atoms with Crippen LogP contribution in [-0.4, -0.2) is 31.1 Å². The molecule has 1 aromatic carbocycles. The van der Waals surface area contributed by atoms with Crippen molar-refractivity contribution < 1.29 is 35.8 Å². The van der Waals surface area contributed by atoms with Crippen LogP contribution in [0.1, 0.15) is 13.3 Å². The molecule has 0 spiro atoms. The third-order valence-electron chi connectivity index (χ3n) is 4.06. The molecule has 1 aromatic rings. The lowest BCUT2D eigenvalue weighted by molar-refractivity contribution is -0.0692. The van der Waals surface area contributed by atoms with Crippen molar-refractivity contribution in [1.29, 1.82) is 0 Å². The van der Waals surface area contributed by atoms with Crippen molar-refractivity contribution in [2.24, 2.45) is 5.92 Å². The third kappa shape index (κ3) is 5.46. The molecule has 0 saturated heterocycles. The molecule has 0 amide bonds. The van der Waals surface area contributed by atoms with Crippen molar-refractivity contribution in [3.8, 4) is 11.5 Å². The van der Waals surface area contributed by atoms with Crippen LogP contribution < -0.4 is 14.4 Å². The van der Waals surface area contributed by atoms with Crippen LogP contribution in [0, 0.1) is 5.92 Å². The second-order valence-corrected chi connectivity index (χ2v) is 8.16. The molecular formula is C17H20F4NO4S+. The van der Waals surface area contributed by atoms with Crippen LogP contribution in [0.15, 0.2) is 41.0 Å². The Labute approximate surface area is 155 Å². The molecule has 1 aliphatic rings. The predicted molar refractivity (Wildman–Crippen MR) is 94.7 cm³/mol. The molecule has 0 aliphatic heterocycles. The Balaban J connectivity index is 2.33. The Morgan fingerprint density at radius 3 is 2.26 bits per heavy atom. The number of hydrogen-bond acceptors (Lipinski definition) is 4. The second kappa shape index (κ2) is 8.30. The molecule has 27 heavy (non-hydrogen) atoms. The Morgan fingerprint density at radius 2 is 1.74 bits per heavy atom. The van der Waals surface area contributed by atoms with Gasteiger partial charge in [-0.05, 0) is 30.7 Å². The van der Waals surface area contributed by atoms with E-state index in [-0.39, 0.29) is 5.92 Å². The molecule has 2 atom stereocenters. The average Bonchev–Trinajstić information content (AvgIpc) is 2.53. The molecule has 10 heteroatoms. The molecule has 1 N–H and O–H groups in total. The average molecular weight is 410 g/mol. The summed E-state index contributed by atoms with van der Waals surface area (Å²) in [5, 5.41) is 0. The number of allylic oxidation sites excluding steroid dienone is 4. The van der Waals surface area contributed by atoms with E-state index in [4.69, 9.17) is 0 Å². The number of alkyl halides is 4. The number of ether oxygens (including phenoxy) is 2. The molecule has 0 saturated carbocycles. The van der Waals surface area contributed by atoms with Crippen molar-refractivity contribution in [3.63, 3.8) is 0 Å². The van der Waals surface area contributed by atoms with Crippen LogP contribution in [0.4, 0.5) is 23.2 Å². The summed E-state index contributed by atoms with van der Waals surface area (Å²) in [6.45, 7) is -4.58. The van der Waals surface area contributed by atoms with Gasteiger partial charge in [0.05, 0.1) is 0 Å². The summed E-state index contributed by atoms with van der Waals surface area (Å²) in [6, 6.07) is 3.72. The van der Waals surface area contributed by atoms with E-state index in [1.54, 1.807) is 31.0 Å². The fourth-order valence-corrected chi connectivity index (χ4v) is 3.98. The first kappa shape index (κ1) is 21.2. The zero-order valence-corrected chi connectivity index (χ0v) is 15.7. The van der Waals surface area contributed by atoms with Crippen LogP contribution in [0.5, 0.6) is 11.5 Å². The summed E-state index contributed by atoms with van der Waals surface area (Å²) in [5.74, 6) is -1.21. The molecule has 0 bridgehead atoms. The van der Waals surface area contributed by atoms with Crippen LogP contribution >= 0.6 is 0 Å². The fraction of sp³-hybridized carbons (Fsp3) is 0.412. The summed E-state index contributed by atoms with van der Waals surface area (Å²) in [6.07, 6.45) is 4.90. The SMILES string of the molecule is CC1CC(N(C)c2ccc(OC(F)F)c(OC(F)F)c2)=CC=C1[S+](C)(=O)O. The lowest BCUT2D eigenvalue weighted by atomic mass is 9.99. The maximum atomic E-state index is 12.6. The van der Waals surface area contributed by atoms with Gasteiger partial charge in [0.2, 0.25) is 10.2 Å². The van der Waals surface area contributed by atoms with E-state index >= 15 is 0 Å². The zero-order chi connectivity index (χ0) is 20.4. The number of hydrogen-bond donors (Lipinski definition) is 1. The van der Waals surface area contributed by atoms with Gasteiger partial charge in [0.15, 0.2) is 16.4 Å². The van der Waals surface area contributed by atoms with Gasteiger partial charge in [-0.1, -0.05) is 11.1 Å². The van der Waals surface area contributed by atoms with Crippen molar-refractivity contribution >= 4 is 15.9 Å². The number of nitrogens with zero attached hydrogens (tertiary/aromatic N) is 1. The van der Waals surface area contributed by atoms with Gasteiger partial charge in [-0.3, -0.25) is 0 Å². The maximum Gasteiger partial charge on any atom is 0.387 e. The smallest absolute Gasteiger partial charge is 0.387 e. The molecule has 2 rings (SSSR count). The standard InChI is InChI=1S/C17H19F4NO4S/c1-10-8-11(5-7-15(10)27(3,23)24)22(2)12-4-6-13(25-16(18)19)14(9-12)26-17(20)21/h4-7,9-10,16-17H,8H2,1-3H3/p+1. The summed E-state index contributed by atoms with van der Waals surface area (Å²) < 4.78 is 80.1. The minimum atomic E-state index is -3.20. The van der Waals surface area contributed by atoms with Gasteiger partial charge in [0.1, 0.15) is 6.26 Å². The summed E-state index contributed by atoms with van der Waals surface area (Å²) in [5.41, 5.74) is 1.16. The topological polar surface area (TPSA) is 59.0 Å². The van der Waals surface area contributed by atoms with Crippen molar-refractivity contribution in [3.05, 3.63) is 41.0 Å². The molecule has 150 valence electrons. The first-order chi connectivity index (χ1) is 12.5. The molecular weight excluding hydrogens is 390 g/mol. The van der Waals surface area contributed by atoms with Crippen LogP contribution in [0.2, 0.25) is 0 Å². The highest BCUT2D eigenvalue weighted by Crippen LogP contribution is 2.37. The van der Waals surface area contributed by atoms with E-state index in [0.29, 0.717) is 17.0 Å². The van der Waals surface area contributed by atoms with Crippen molar-refractivity contribution in [2.75, 3.05) is 18.2 Å². The van der Waals surface area contributed by atoms with Crippen LogP contribution in [0.3, 0.4) is 0 Å². The monoisotopic (exact) mass is 410 g/mol. The van der Waals surface area contributed by atoms with E-state index in [2.05, 4.69) is 9.47 Å². The summed E-state index contributed by atoms with van der Waals surface area (Å²) in [7, 11) is -1.41. The minimum absolute atomic E-state index is 0.201. The highest BCUT2D eigenvalue weighted by atomic mass is 32.3. The quantitative estimate of drug-likeness (QED) is 0.520. The minimum Gasteiger partial charge on any atom is -0.431 e. The van der Waals surface area contributed by atoms with Crippen molar-refractivity contribution in [1.82, 2.24) is 0 Å². The first-order valence-electron chi connectivity index (χ1n) is 7.89. The van der Waals surface area contributed by atoms with Gasteiger partial charge >= 0.3 is 13.2 Å². The number of rotatable bonds is 7. The lowest BCUT2D eigenvalue weighted by Gasteiger charge is -2.28. The van der Waals surface area contributed by atoms with Crippen LogP contribution in [-0.2, 0) is 14.4 Å². The predicted octanol–water partition coefficient (Wildman–Crippen LogP) is 4.74. The molecule has 5 nitrogen and oxygen atoms in total. The summed E-state index contributed by atoms with van der Waals surface area (Å²) >= 11 is 0. The Bertz CT molecular complexity index is 791. The van der Waals surface area contributed by atoms with Crippen molar-refractivity contribution in [2.45, 2.75) is 26.6 Å². The normalized spacial score (nSPS) is 19.4. The molecule has 2 unspecified atom stereocenters. The molecule has 0 aromatic heterocycles.